The van der Waals surface area contributed by atoms with E-state index in [0.29, 0.717) is 18.1 Å². The fourth-order valence-corrected chi connectivity index (χ4v) is 2.82. The van der Waals surface area contributed by atoms with Crippen molar-refractivity contribution in [2.75, 3.05) is 30.4 Å². The van der Waals surface area contributed by atoms with Gasteiger partial charge < -0.3 is 5.32 Å². The van der Waals surface area contributed by atoms with E-state index in [0.717, 1.165) is 0 Å². The lowest BCUT2D eigenvalue weighted by Gasteiger charge is -2.07. The van der Waals surface area contributed by atoms with Crippen LogP contribution in [0.5, 0.6) is 0 Å². The van der Waals surface area contributed by atoms with Gasteiger partial charge in [-0.25, -0.2) is 18.1 Å². The average molecular weight is 291 g/mol. The van der Waals surface area contributed by atoms with Crippen LogP contribution in [0.4, 0.5) is 5.82 Å². The Bertz CT molecular complexity index is 517. The summed E-state index contributed by atoms with van der Waals surface area (Å²) in [5.74, 6) is 0.809. The van der Waals surface area contributed by atoms with Crippen molar-refractivity contribution >= 4 is 26.6 Å². The smallest absolute Gasteiger partial charge is 0.240 e. The highest BCUT2D eigenvalue weighted by Gasteiger charge is 2.14. The van der Waals surface area contributed by atoms with Crippen molar-refractivity contribution in [3.05, 3.63) is 18.3 Å². The van der Waals surface area contributed by atoms with Gasteiger partial charge in [-0.15, -0.1) is 0 Å². The zero-order chi connectivity index (χ0) is 13.6. The predicted octanol–water partition coefficient (Wildman–Crippen LogP) is 0.170. The van der Waals surface area contributed by atoms with Crippen molar-refractivity contribution in [3.8, 4) is 0 Å². The lowest BCUT2D eigenvalue weighted by molar-refractivity contribution is 0.584. The van der Waals surface area contributed by atoms with Crippen LogP contribution in [0.2, 0.25) is 0 Å². The van der Waals surface area contributed by atoms with Crippen LogP contribution in [0.3, 0.4) is 0 Å². The molecular weight excluding hydrogens is 274 g/mol. The molecule has 1 aromatic rings. The van der Waals surface area contributed by atoms with E-state index in [-0.39, 0.29) is 11.4 Å². The molecule has 0 spiro atoms. The fraction of sp³-hybridized carbons (Fsp3) is 0.500. The second-order valence-electron chi connectivity index (χ2n) is 3.58. The molecule has 0 amide bonds. The van der Waals surface area contributed by atoms with E-state index in [1.807, 2.05) is 6.92 Å². The molecule has 1 rings (SSSR count). The number of nitrogens with zero attached hydrogens (tertiary/aromatic N) is 1. The maximum atomic E-state index is 11.9. The normalized spacial score (nSPS) is 13.2. The Morgan fingerprint density at radius 2 is 2.17 bits per heavy atom. The molecule has 1 heterocycles. The highest BCUT2D eigenvalue weighted by atomic mass is 32.2. The first kappa shape index (κ1) is 15.1. The van der Waals surface area contributed by atoms with Gasteiger partial charge in [0, 0.05) is 48.2 Å². The van der Waals surface area contributed by atoms with Crippen LogP contribution < -0.4 is 10.0 Å². The summed E-state index contributed by atoms with van der Waals surface area (Å²) in [4.78, 5) is 4.15. The summed E-state index contributed by atoms with van der Waals surface area (Å²) >= 11 is 0. The standard InChI is InChI=1S/C10H17N3O3S2/c1-3-11-10-8-9(4-5-12-10)18(15,16)13-6-7-17(2)14/h4-5,8,13H,3,6-7H2,1-2H3,(H,11,12). The summed E-state index contributed by atoms with van der Waals surface area (Å²) in [6, 6.07) is 2.89. The summed E-state index contributed by atoms with van der Waals surface area (Å²) in [5, 5.41) is 2.94. The van der Waals surface area contributed by atoms with Crippen molar-refractivity contribution < 1.29 is 12.6 Å². The molecule has 0 bridgehead atoms. The van der Waals surface area contributed by atoms with Gasteiger partial charge in [0.05, 0.1) is 4.90 Å². The van der Waals surface area contributed by atoms with Gasteiger partial charge in [0.1, 0.15) is 5.82 Å². The number of sulfonamides is 1. The number of anilines is 1. The van der Waals surface area contributed by atoms with Crippen LogP contribution >= 0.6 is 0 Å². The largest absolute Gasteiger partial charge is 0.370 e. The van der Waals surface area contributed by atoms with Crippen LogP contribution in [-0.2, 0) is 20.8 Å². The maximum absolute atomic E-state index is 11.9. The molecule has 0 aromatic carbocycles. The molecule has 1 atom stereocenters. The SMILES string of the molecule is CCNc1cc(S(=O)(=O)NCCS(C)=O)ccn1. The molecule has 0 saturated heterocycles. The molecule has 0 radical (unpaired) electrons. The van der Waals surface area contributed by atoms with E-state index >= 15 is 0 Å². The lowest BCUT2D eigenvalue weighted by atomic mass is 10.4. The van der Waals surface area contributed by atoms with Gasteiger partial charge in [0.15, 0.2) is 0 Å². The van der Waals surface area contributed by atoms with Gasteiger partial charge in [0.25, 0.3) is 0 Å². The minimum Gasteiger partial charge on any atom is -0.370 e. The molecule has 0 aliphatic rings. The first-order chi connectivity index (χ1) is 8.45. The number of aromatic nitrogens is 1. The molecule has 6 nitrogen and oxygen atoms in total. The van der Waals surface area contributed by atoms with E-state index in [1.54, 1.807) is 0 Å². The second-order valence-corrected chi connectivity index (χ2v) is 6.90. The molecule has 1 unspecified atom stereocenters. The third kappa shape index (κ3) is 4.71. The van der Waals surface area contributed by atoms with E-state index in [2.05, 4.69) is 15.0 Å². The van der Waals surface area contributed by atoms with Crippen molar-refractivity contribution in [2.45, 2.75) is 11.8 Å². The Kier molecular flexibility index (Phi) is 5.70. The predicted molar refractivity (Wildman–Crippen MR) is 72.5 cm³/mol. The average Bonchev–Trinajstić information content (AvgIpc) is 2.29. The van der Waals surface area contributed by atoms with Gasteiger partial charge in [-0.3, -0.25) is 4.21 Å². The van der Waals surface area contributed by atoms with Crippen LogP contribution in [0.15, 0.2) is 23.2 Å². The van der Waals surface area contributed by atoms with Gasteiger partial charge in [-0.2, -0.15) is 0 Å². The summed E-state index contributed by atoms with van der Waals surface area (Å²) in [6.45, 7) is 2.72. The van der Waals surface area contributed by atoms with Crippen LogP contribution in [0, 0.1) is 0 Å². The highest BCUT2D eigenvalue weighted by molar-refractivity contribution is 7.89. The Labute approximate surface area is 110 Å². The van der Waals surface area contributed by atoms with Gasteiger partial charge in [0.2, 0.25) is 10.0 Å². The van der Waals surface area contributed by atoms with Crippen LogP contribution in [0.25, 0.3) is 0 Å². The third-order valence-electron chi connectivity index (χ3n) is 2.08. The first-order valence-electron chi connectivity index (χ1n) is 5.45. The monoisotopic (exact) mass is 291 g/mol. The molecular formula is C10H17N3O3S2. The Balaban J connectivity index is 2.77. The number of hydrogen-bond acceptors (Lipinski definition) is 5. The summed E-state index contributed by atoms with van der Waals surface area (Å²) < 4.78 is 37.1. The van der Waals surface area contributed by atoms with Crippen LogP contribution in [-0.4, -0.2) is 42.7 Å². The van der Waals surface area contributed by atoms with Crippen molar-refractivity contribution in [1.82, 2.24) is 9.71 Å². The number of rotatable bonds is 7. The van der Waals surface area contributed by atoms with E-state index in [9.17, 15) is 12.6 Å². The van der Waals surface area contributed by atoms with Crippen molar-refractivity contribution in [3.63, 3.8) is 0 Å². The number of nitrogens with one attached hydrogen (secondary N) is 2. The molecule has 1 aromatic heterocycles. The Hall–Kier alpha value is -0.990. The Morgan fingerprint density at radius 3 is 2.78 bits per heavy atom. The minimum absolute atomic E-state index is 0.148. The van der Waals surface area contributed by atoms with Gasteiger partial charge >= 0.3 is 0 Å². The van der Waals surface area contributed by atoms with E-state index < -0.39 is 20.8 Å². The van der Waals surface area contributed by atoms with E-state index in [4.69, 9.17) is 0 Å². The zero-order valence-electron chi connectivity index (χ0n) is 10.3. The summed E-state index contributed by atoms with van der Waals surface area (Å²) in [6.07, 6.45) is 2.97. The number of pyridine rings is 1. The minimum atomic E-state index is -3.56. The second kappa shape index (κ2) is 6.81. The molecule has 0 aliphatic heterocycles. The lowest BCUT2D eigenvalue weighted by Crippen LogP contribution is -2.27. The van der Waals surface area contributed by atoms with Gasteiger partial charge in [-0.1, -0.05) is 0 Å². The molecule has 2 N–H and O–H groups in total. The molecule has 0 fully saturated rings. The summed E-state index contributed by atoms with van der Waals surface area (Å²) in [7, 11) is -4.58. The molecule has 18 heavy (non-hydrogen) atoms. The van der Waals surface area contributed by atoms with Gasteiger partial charge in [-0.05, 0) is 13.0 Å². The molecule has 0 aliphatic carbocycles. The molecule has 0 saturated carbocycles. The quantitative estimate of drug-likeness (QED) is 0.747. The van der Waals surface area contributed by atoms with Crippen molar-refractivity contribution in [1.29, 1.82) is 0 Å². The zero-order valence-corrected chi connectivity index (χ0v) is 12.0. The maximum Gasteiger partial charge on any atom is 0.240 e. The fourth-order valence-electron chi connectivity index (χ4n) is 1.26. The molecule has 102 valence electrons. The van der Waals surface area contributed by atoms with E-state index in [1.165, 1.54) is 24.6 Å². The van der Waals surface area contributed by atoms with Crippen molar-refractivity contribution in [2.24, 2.45) is 0 Å². The first-order valence-corrected chi connectivity index (χ1v) is 8.66. The number of hydrogen-bond donors (Lipinski definition) is 2. The molecule has 8 heteroatoms. The summed E-state index contributed by atoms with van der Waals surface area (Å²) in [5.41, 5.74) is 0. The third-order valence-corrected chi connectivity index (χ3v) is 4.32. The topological polar surface area (TPSA) is 88.2 Å². The Morgan fingerprint density at radius 1 is 1.44 bits per heavy atom. The van der Waals surface area contributed by atoms with Crippen LogP contribution in [0.1, 0.15) is 6.92 Å². The highest BCUT2D eigenvalue weighted by Crippen LogP contribution is 2.12.